The standard InChI is InChI=1S/C17H15BrFNO5/c1-2-24-15(22)8-7-13(21)16-17(23)12(18)9-14(20-16)25-11-5-3-10(19)4-6-11/h3-6,9,23H,2,7-8H2,1H3. The largest absolute Gasteiger partial charge is 0.504 e. The normalized spacial score (nSPS) is 10.4. The van der Waals surface area contributed by atoms with Gasteiger partial charge in [0.1, 0.15) is 11.6 Å². The Hall–Kier alpha value is -2.48. The lowest BCUT2D eigenvalue weighted by atomic mass is 10.1. The number of aromatic nitrogens is 1. The minimum atomic E-state index is -0.532. The lowest BCUT2D eigenvalue weighted by molar-refractivity contribution is -0.143. The second-order valence-electron chi connectivity index (χ2n) is 4.92. The van der Waals surface area contributed by atoms with E-state index in [1.807, 2.05) is 0 Å². The van der Waals surface area contributed by atoms with E-state index in [1.54, 1.807) is 6.92 Å². The molecule has 0 aliphatic carbocycles. The zero-order valence-corrected chi connectivity index (χ0v) is 14.9. The molecule has 6 nitrogen and oxygen atoms in total. The van der Waals surface area contributed by atoms with E-state index in [1.165, 1.54) is 30.3 Å². The van der Waals surface area contributed by atoms with Crippen molar-refractivity contribution >= 4 is 27.7 Å². The van der Waals surface area contributed by atoms with Crippen LogP contribution in [0.25, 0.3) is 0 Å². The molecule has 0 bridgehead atoms. The van der Waals surface area contributed by atoms with Gasteiger partial charge in [0.2, 0.25) is 5.88 Å². The second-order valence-corrected chi connectivity index (χ2v) is 5.78. The summed E-state index contributed by atoms with van der Waals surface area (Å²) < 4.78 is 23.3. The summed E-state index contributed by atoms with van der Waals surface area (Å²) in [5, 5.41) is 10.0. The first-order valence-electron chi connectivity index (χ1n) is 7.42. The number of carbonyl (C=O) groups is 2. The Kier molecular flexibility index (Phi) is 6.46. The SMILES string of the molecule is CCOC(=O)CCC(=O)c1nc(Oc2ccc(F)cc2)cc(Br)c1O. The van der Waals surface area contributed by atoms with Crippen LogP contribution in [0.2, 0.25) is 0 Å². The monoisotopic (exact) mass is 411 g/mol. The van der Waals surface area contributed by atoms with Crippen molar-refractivity contribution in [1.82, 2.24) is 4.98 Å². The molecule has 0 unspecified atom stereocenters. The van der Waals surface area contributed by atoms with E-state index in [0.717, 1.165) is 0 Å². The molecule has 0 atom stereocenters. The fraction of sp³-hybridized carbons (Fsp3) is 0.235. The van der Waals surface area contributed by atoms with E-state index in [4.69, 9.17) is 9.47 Å². The van der Waals surface area contributed by atoms with Crippen molar-refractivity contribution in [3.05, 3.63) is 46.3 Å². The average Bonchev–Trinajstić information content (AvgIpc) is 2.58. The molecule has 25 heavy (non-hydrogen) atoms. The number of ether oxygens (including phenoxy) is 2. The number of Topliss-reactive ketones (excluding diaryl/α,β-unsaturated/α-hetero) is 1. The van der Waals surface area contributed by atoms with Crippen LogP contribution >= 0.6 is 15.9 Å². The Morgan fingerprint density at radius 2 is 1.92 bits per heavy atom. The molecular weight excluding hydrogens is 397 g/mol. The summed E-state index contributed by atoms with van der Waals surface area (Å²) in [5.41, 5.74) is -0.226. The third kappa shape index (κ3) is 5.25. The second kappa shape index (κ2) is 8.57. The average molecular weight is 412 g/mol. The molecule has 0 aliphatic rings. The summed E-state index contributed by atoms with van der Waals surface area (Å²) in [6.07, 6.45) is -0.277. The van der Waals surface area contributed by atoms with E-state index < -0.39 is 17.6 Å². The number of benzene rings is 1. The van der Waals surface area contributed by atoms with Crippen LogP contribution in [0.3, 0.4) is 0 Å². The van der Waals surface area contributed by atoms with E-state index in [0.29, 0.717) is 5.75 Å². The molecule has 0 saturated heterocycles. The Balaban J connectivity index is 2.17. The number of halogens is 2. The number of aromatic hydroxyl groups is 1. The van der Waals surface area contributed by atoms with Gasteiger partial charge in [0.15, 0.2) is 17.2 Å². The first kappa shape index (κ1) is 18.9. The Morgan fingerprint density at radius 1 is 1.24 bits per heavy atom. The van der Waals surface area contributed by atoms with Gasteiger partial charge in [-0.3, -0.25) is 9.59 Å². The minimum absolute atomic E-state index is 0.0377. The predicted molar refractivity (Wildman–Crippen MR) is 90.3 cm³/mol. The van der Waals surface area contributed by atoms with Crippen LogP contribution in [0.15, 0.2) is 34.8 Å². The van der Waals surface area contributed by atoms with Crippen LogP contribution in [0.5, 0.6) is 17.4 Å². The van der Waals surface area contributed by atoms with Crippen molar-refractivity contribution in [2.45, 2.75) is 19.8 Å². The van der Waals surface area contributed by atoms with Gasteiger partial charge in [0.25, 0.3) is 0 Å². The van der Waals surface area contributed by atoms with Crippen LogP contribution in [-0.4, -0.2) is 28.4 Å². The Labute approximate surface area is 151 Å². The van der Waals surface area contributed by atoms with Crippen LogP contribution < -0.4 is 4.74 Å². The topological polar surface area (TPSA) is 85.7 Å². The number of carbonyl (C=O) groups excluding carboxylic acids is 2. The zero-order valence-electron chi connectivity index (χ0n) is 13.3. The van der Waals surface area contributed by atoms with E-state index in [-0.39, 0.29) is 41.2 Å². The molecule has 1 heterocycles. The molecule has 2 aromatic rings. The number of ketones is 1. The zero-order chi connectivity index (χ0) is 18.4. The fourth-order valence-electron chi connectivity index (χ4n) is 1.92. The molecule has 1 aromatic carbocycles. The number of nitrogens with zero attached hydrogens (tertiary/aromatic N) is 1. The molecule has 132 valence electrons. The van der Waals surface area contributed by atoms with Crippen molar-refractivity contribution in [3.8, 4) is 17.4 Å². The number of rotatable bonds is 7. The van der Waals surface area contributed by atoms with E-state index in [2.05, 4.69) is 20.9 Å². The highest BCUT2D eigenvalue weighted by atomic mass is 79.9. The summed E-state index contributed by atoms with van der Waals surface area (Å²) in [6.45, 7) is 1.89. The van der Waals surface area contributed by atoms with Crippen molar-refractivity contribution in [1.29, 1.82) is 0 Å². The first-order chi connectivity index (χ1) is 11.9. The lowest BCUT2D eigenvalue weighted by Crippen LogP contribution is -2.09. The summed E-state index contributed by atoms with van der Waals surface area (Å²) in [6, 6.07) is 6.62. The molecule has 2 rings (SSSR count). The first-order valence-corrected chi connectivity index (χ1v) is 8.21. The maximum absolute atomic E-state index is 12.9. The minimum Gasteiger partial charge on any atom is -0.504 e. The molecule has 0 aliphatic heterocycles. The third-order valence-corrected chi connectivity index (χ3v) is 3.69. The molecule has 0 fully saturated rings. The van der Waals surface area contributed by atoms with Gasteiger partial charge in [0.05, 0.1) is 17.5 Å². The summed E-state index contributed by atoms with van der Waals surface area (Å²) >= 11 is 3.12. The number of hydrogen-bond acceptors (Lipinski definition) is 6. The molecule has 1 N–H and O–H groups in total. The van der Waals surface area contributed by atoms with Crippen molar-refractivity contribution in [2.75, 3.05) is 6.61 Å². The number of esters is 1. The molecule has 8 heteroatoms. The van der Waals surface area contributed by atoms with Gasteiger partial charge in [-0.15, -0.1) is 0 Å². The summed E-state index contributed by atoms with van der Waals surface area (Å²) in [4.78, 5) is 27.5. The van der Waals surface area contributed by atoms with Crippen molar-refractivity contribution in [2.24, 2.45) is 0 Å². The fourth-order valence-corrected chi connectivity index (χ4v) is 2.31. The molecule has 0 amide bonds. The Bertz CT molecular complexity index is 779. The van der Waals surface area contributed by atoms with E-state index >= 15 is 0 Å². The van der Waals surface area contributed by atoms with Gasteiger partial charge in [-0.25, -0.2) is 9.37 Å². The quantitative estimate of drug-likeness (QED) is 0.547. The van der Waals surface area contributed by atoms with Gasteiger partial charge >= 0.3 is 5.97 Å². The molecule has 1 aromatic heterocycles. The van der Waals surface area contributed by atoms with Crippen molar-refractivity contribution < 1.29 is 28.6 Å². The summed E-state index contributed by atoms with van der Waals surface area (Å²) in [5.74, 6) is -1.45. The maximum atomic E-state index is 12.9. The highest BCUT2D eigenvalue weighted by Gasteiger charge is 2.19. The highest BCUT2D eigenvalue weighted by molar-refractivity contribution is 9.10. The molecule has 0 radical (unpaired) electrons. The lowest BCUT2D eigenvalue weighted by Gasteiger charge is -2.09. The van der Waals surface area contributed by atoms with Gasteiger partial charge in [0, 0.05) is 12.5 Å². The number of pyridine rings is 1. The van der Waals surface area contributed by atoms with Crippen LogP contribution in [0.4, 0.5) is 4.39 Å². The smallest absolute Gasteiger partial charge is 0.306 e. The maximum Gasteiger partial charge on any atom is 0.306 e. The van der Waals surface area contributed by atoms with Gasteiger partial charge in [-0.1, -0.05) is 0 Å². The Morgan fingerprint density at radius 3 is 2.56 bits per heavy atom. The number of hydrogen-bond donors (Lipinski definition) is 1. The predicted octanol–water partition coefficient (Wildman–Crippen LogP) is 4.01. The van der Waals surface area contributed by atoms with Crippen LogP contribution in [-0.2, 0) is 9.53 Å². The third-order valence-electron chi connectivity index (χ3n) is 3.08. The van der Waals surface area contributed by atoms with Crippen LogP contribution in [0.1, 0.15) is 30.3 Å². The van der Waals surface area contributed by atoms with Crippen molar-refractivity contribution in [3.63, 3.8) is 0 Å². The molecule has 0 saturated carbocycles. The molecular formula is C17H15BrFNO5. The van der Waals surface area contributed by atoms with E-state index in [9.17, 15) is 19.1 Å². The van der Waals surface area contributed by atoms with Gasteiger partial charge < -0.3 is 14.6 Å². The summed E-state index contributed by atoms with van der Waals surface area (Å²) in [7, 11) is 0. The highest BCUT2D eigenvalue weighted by Crippen LogP contribution is 2.32. The molecule has 0 spiro atoms. The van der Waals surface area contributed by atoms with Gasteiger partial charge in [-0.2, -0.15) is 0 Å². The van der Waals surface area contributed by atoms with Gasteiger partial charge in [-0.05, 0) is 47.1 Å². The van der Waals surface area contributed by atoms with Crippen LogP contribution in [0, 0.1) is 5.82 Å².